The van der Waals surface area contributed by atoms with Gasteiger partial charge in [-0.05, 0) is 20.8 Å². The van der Waals surface area contributed by atoms with Gasteiger partial charge in [0.2, 0.25) is 0 Å². The van der Waals surface area contributed by atoms with E-state index in [1.807, 2.05) is 4.90 Å². The van der Waals surface area contributed by atoms with Gasteiger partial charge in [0.1, 0.15) is 0 Å². The van der Waals surface area contributed by atoms with Gasteiger partial charge >= 0.3 is 0 Å². The Balaban J connectivity index is 0. The highest BCUT2D eigenvalue weighted by molar-refractivity contribution is 4.66. The third-order valence-corrected chi connectivity index (χ3v) is 1.57. The average Bonchev–Trinajstić information content (AvgIpc) is 1.80. The minimum absolute atomic E-state index is 0. The topological polar surface area (TPSA) is 63.9 Å². The smallest absolute Gasteiger partial charge is 0.0639 e. The highest BCUT2D eigenvalue weighted by atomic mass is 19.0. The van der Waals surface area contributed by atoms with E-state index in [1.165, 1.54) is 0 Å². The van der Waals surface area contributed by atoms with Crippen LogP contribution in [0, 0.1) is 0 Å². The zero-order valence-electron chi connectivity index (χ0n) is 9.05. The molecule has 0 saturated carbocycles. The highest BCUT2D eigenvalue weighted by Gasteiger charge is 2.12. The van der Waals surface area contributed by atoms with Gasteiger partial charge in [0, 0.05) is 19.6 Å². The molecule has 0 heterocycles. The Morgan fingerprint density at radius 2 is 1.00 bits per heavy atom. The molecule has 0 aliphatic heterocycles. The molecule has 0 aliphatic carbocycles. The van der Waals surface area contributed by atoms with Crippen LogP contribution in [0.1, 0.15) is 20.8 Å². The summed E-state index contributed by atoms with van der Waals surface area (Å²) in [5.41, 5.74) is 0. The van der Waals surface area contributed by atoms with Gasteiger partial charge in [0.15, 0.2) is 0 Å². The lowest BCUT2D eigenvalue weighted by atomic mass is 10.2. The molecule has 0 aliphatic rings. The molecule has 0 aromatic rings. The number of aliphatic hydroxyl groups is 3. The second kappa shape index (κ2) is 8.11. The van der Waals surface area contributed by atoms with Crippen LogP contribution in [-0.4, -0.2) is 58.2 Å². The summed E-state index contributed by atoms with van der Waals surface area (Å²) < 4.78 is 0. The summed E-state index contributed by atoms with van der Waals surface area (Å²) in [6.07, 6.45) is -1.30. The summed E-state index contributed by atoms with van der Waals surface area (Å²) in [6, 6.07) is 0. The lowest BCUT2D eigenvalue weighted by molar-refractivity contribution is 0.0530. The lowest BCUT2D eigenvalue weighted by Crippen LogP contribution is -2.40. The number of nitrogens with zero attached hydrogens (tertiary/aromatic N) is 1. The van der Waals surface area contributed by atoms with Gasteiger partial charge in [-0.3, -0.25) is 9.60 Å². The Labute approximate surface area is 84.5 Å². The van der Waals surface area contributed by atoms with E-state index in [0.717, 1.165) is 0 Å². The molecule has 0 fully saturated rings. The molecule has 0 spiro atoms. The molecule has 0 amide bonds. The first-order chi connectivity index (χ1) is 5.91. The van der Waals surface area contributed by atoms with Crippen molar-refractivity contribution >= 4 is 0 Å². The fourth-order valence-corrected chi connectivity index (χ4v) is 1.34. The van der Waals surface area contributed by atoms with Crippen LogP contribution in [0.25, 0.3) is 0 Å². The molecule has 3 N–H and O–H groups in total. The van der Waals surface area contributed by atoms with Gasteiger partial charge in [-0.15, -0.1) is 0 Å². The van der Waals surface area contributed by atoms with Crippen LogP contribution in [0.3, 0.4) is 0 Å². The maximum Gasteiger partial charge on any atom is 0.0639 e. The molecule has 0 bridgehead atoms. The van der Waals surface area contributed by atoms with Crippen molar-refractivity contribution in [2.75, 3.05) is 19.6 Å². The van der Waals surface area contributed by atoms with Gasteiger partial charge in [-0.25, -0.2) is 0 Å². The molecule has 0 aromatic carbocycles. The van der Waals surface area contributed by atoms with Crippen LogP contribution in [0.2, 0.25) is 0 Å². The van der Waals surface area contributed by atoms with Crippen molar-refractivity contribution in [3.63, 3.8) is 0 Å². The van der Waals surface area contributed by atoms with Gasteiger partial charge in [-0.1, -0.05) is 0 Å². The van der Waals surface area contributed by atoms with Gasteiger partial charge in [-0.2, -0.15) is 0 Å². The van der Waals surface area contributed by atoms with Crippen LogP contribution in [0.4, 0.5) is 4.70 Å². The van der Waals surface area contributed by atoms with E-state index in [0.29, 0.717) is 19.6 Å². The van der Waals surface area contributed by atoms with Crippen molar-refractivity contribution in [3.8, 4) is 0 Å². The van der Waals surface area contributed by atoms with Crippen molar-refractivity contribution in [1.29, 1.82) is 0 Å². The fraction of sp³-hybridized carbons (Fsp3) is 1.00. The molecule has 4 nitrogen and oxygen atoms in total. The Morgan fingerprint density at radius 1 is 0.786 bits per heavy atom. The molecule has 88 valence electrons. The zero-order chi connectivity index (χ0) is 10.4. The average molecular weight is 211 g/mol. The van der Waals surface area contributed by atoms with Crippen LogP contribution in [0.5, 0.6) is 0 Å². The number of rotatable bonds is 6. The Bertz CT molecular complexity index is 107. The van der Waals surface area contributed by atoms with Crippen molar-refractivity contribution in [1.82, 2.24) is 4.90 Å². The molecular weight excluding hydrogens is 189 g/mol. The number of hydrogen-bond donors (Lipinski definition) is 3. The van der Waals surface area contributed by atoms with Crippen molar-refractivity contribution in [3.05, 3.63) is 0 Å². The standard InChI is InChI=1S/C9H21NO3.FH/c1-7(11)4-10(5-8(2)12)6-9(3)13;/h7-9,11-13H,4-6H2,1-3H3;1H. The quantitative estimate of drug-likeness (QED) is 0.558. The summed E-state index contributed by atoms with van der Waals surface area (Å²) in [5, 5.41) is 27.4. The fourth-order valence-electron chi connectivity index (χ4n) is 1.34. The third kappa shape index (κ3) is 9.85. The number of hydrogen-bond acceptors (Lipinski definition) is 4. The van der Waals surface area contributed by atoms with Crippen LogP contribution in [-0.2, 0) is 0 Å². The van der Waals surface area contributed by atoms with Crippen LogP contribution >= 0.6 is 0 Å². The number of aliphatic hydroxyl groups excluding tert-OH is 3. The summed E-state index contributed by atoms with van der Waals surface area (Å²) in [4.78, 5) is 1.85. The Kier molecular flexibility index (Phi) is 9.39. The minimum Gasteiger partial charge on any atom is -0.392 e. The summed E-state index contributed by atoms with van der Waals surface area (Å²) in [5.74, 6) is 0. The van der Waals surface area contributed by atoms with Gasteiger partial charge < -0.3 is 15.3 Å². The second-order valence-corrected chi connectivity index (χ2v) is 3.77. The Hall–Kier alpha value is -0.230. The van der Waals surface area contributed by atoms with E-state index >= 15 is 0 Å². The highest BCUT2D eigenvalue weighted by Crippen LogP contribution is 1.97. The van der Waals surface area contributed by atoms with E-state index in [-0.39, 0.29) is 4.70 Å². The molecule has 5 heteroatoms. The molecule has 0 saturated heterocycles. The minimum atomic E-state index is -0.433. The molecular formula is C9H22FNO3. The lowest BCUT2D eigenvalue weighted by Gasteiger charge is -2.25. The predicted molar refractivity (Wildman–Crippen MR) is 54.0 cm³/mol. The van der Waals surface area contributed by atoms with E-state index in [4.69, 9.17) is 15.3 Å². The first-order valence-electron chi connectivity index (χ1n) is 4.68. The molecule has 0 rings (SSSR count). The SMILES string of the molecule is CC(O)CN(CC(C)O)CC(C)O.F. The molecule has 0 aromatic heterocycles. The van der Waals surface area contributed by atoms with Gasteiger partial charge in [0.05, 0.1) is 18.3 Å². The summed E-state index contributed by atoms with van der Waals surface area (Å²) in [7, 11) is 0. The van der Waals surface area contributed by atoms with Crippen molar-refractivity contribution in [2.45, 2.75) is 39.1 Å². The zero-order valence-corrected chi connectivity index (χ0v) is 9.05. The molecule has 0 radical (unpaired) electrons. The van der Waals surface area contributed by atoms with Crippen LogP contribution < -0.4 is 0 Å². The van der Waals surface area contributed by atoms with Crippen molar-refractivity contribution < 1.29 is 20.0 Å². The largest absolute Gasteiger partial charge is 0.392 e. The first-order valence-corrected chi connectivity index (χ1v) is 4.68. The van der Waals surface area contributed by atoms with E-state index in [2.05, 4.69) is 0 Å². The van der Waals surface area contributed by atoms with Crippen molar-refractivity contribution in [2.24, 2.45) is 0 Å². The maximum atomic E-state index is 9.14. The maximum absolute atomic E-state index is 9.14. The van der Waals surface area contributed by atoms with E-state index in [9.17, 15) is 0 Å². The second-order valence-electron chi connectivity index (χ2n) is 3.77. The first kappa shape index (κ1) is 16.2. The summed E-state index contributed by atoms with van der Waals surface area (Å²) >= 11 is 0. The molecule has 3 atom stereocenters. The monoisotopic (exact) mass is 211 g/mol. The van der Waals surface area contributed by atoms with Gasteiger partial charge in [0.25, 0.3) is 0 Å². The van der Waals surface area contributed by atoms with E-state index in [1.54, 1.807) is 20.8 Å². The van der Waals surface area contributed by atoms with Crippen LogP contribution in [0.15, 0.2) is 0 Å². The Morgan fingerprint density at radius 3 is 1.14 bits per heavy atom. The number of halogens is 1. The molecule has 14 heavy (non-hydrogen) atoms. The molecule has 3 unspecified atom stereocenters. The third-order valence-electron chi connectivity index (χ3n) is 1.57. The summed E-state index contributed by atoms with van der Waals surface area (Å²) in [6.45, 7) is 6.52. The normalized spacial score (nSPS) is 17.4. The van der Waals surface area contributed by atoms with E-state index < -0.39 is 18.3 Å². The predicted octanol–water partition coefficient (Wildman–Crippen LogP) is -0.417.